The summed E-state index contributed by atoms with van der Waals surface area (Å²) in [7, 11) is 1.55. The van der Waals surface area contributed by atoms with Crippen LogP contribution in [0.15, 0.2) is 51.2 Å². The minimum absolute atomic E-state index is 0.0940. The first-order chi connectivity index (χ1) is 21.1. The Bertz CT molecular complexity index is 1540. The lowest BCUT2D eigenvalue weighted by Gasteiger charge is -2.33. The Labute approximate surface area is 255 Å². The maximum Gasteiger partial charge on any atom is 0.239 e. The van der Waals surface area contributed by atoms with Gasteiger partial charge in [0.1, 0.15) is 28.2 Å². The maximum absolute atomic E-state index is 14.2. The van der Waals surface area contributed by atoms with Crippen molar-refractivity contribution >= 4 is 11.0 Å². The van der Waals surface area contributed by atoms with Gasteiger partial charge in [-0.1, -0.05) is 11.6 Å². The number of rotatable bonds is 9. The van der Waals surface area contributed by atoms with E-state index in [2.05, 4.69) is 0 Å². The molecule has 44 heavy (non-hydrogen) atoms. The second kappa shape index (κ2) is 13.6. The molecule has 2 fully saturated rings. The average Bonchev–Trinajstić information content (AvgIpc) is 2.99. The number of hydrogen-bond acceptors (Lipinski definition) is 11. The molecule has 2 saturated heterocycles. The Morgan fingerprint density at radius 2 is 1.80 bits per heavy atom. The number of hydrogen-bond donors (Lipinski definition) is 4. The monoisotopic (exact) mass is 612 g/mol. The van der Waals surface area contributed by atoms with Crippen molar-refractivity contribution in [2.24, 2.45) is 0 Å². The van der Waals surface area contributed by atoms with Crippen molar-refractivity contribution in [3.05, 3.63) is 57.8 Å². The Balaban J connectivity index is 1.68. The molecule has 11 heteroatoms. The molecule has 0 aliphatic carbocycles. The summed E-state index contributed by atoms with van der Waals surface area (Å²) >= 11 is 0. The first-order valence-corrected chi connectivity index (χ1v) is 14.8. The number of benzene rings is 2. The van der Waals surface area contributed by atoms with Crippen LogP contribution in [0.3, 0.4) is 0 Å². The molecule has 2 aliphatic heterocycles. The third kappa shape index (κ3) is 6.87. The molecule has 0 radical (unpaired) electrons. The number of phenolic OH excluding ortho intramolecular Hbond substituents is 1. The minimum Gasteiger partial charge on any atom is -0.507 e. The zero-order valence-electron chi connectivity index (χ0n) is 25.3. The number of ether oxygens (including phenoxy) is 5. The first-order valence-electron chi connectivity index (χ1n) is 14.8. The molecule has 4 N–H and O–H groups in total. The van der Waals surface area contributed by atoms with Gasteiger partial charge in [-0.05, 0) is 57.9 Å². The average molecular weight is 613 g/mol. The molecular formula is C33H40O11. The second-order valence-corrected chi connectivity index (χ2v) is 11.5. The SMILES string of the molecule is COc1ccc(-c2oc3c(CC=C(C)C)c(O[C@H]4C[C@@H](O)C[C@@H](CO)O4)cc(O)c3c(=O)c2O[C@H]2CC[C@@H](O)[C@H](C)O2)cc1. The number of allylic oxidation sites excluding steroid dienone is 2. The lowest BCUT2D eigenvalue weighted by molar-refractivity contribution is -0.184. The fourth-order valence-corrected chi connectivity index (χ4v) is 5.44. The van der Waals surface area contributed by atoms with Gasteiger partial charge in [0, 0.05) is 36.5 Å². The fraction of sp³-hybridized carbons (Fsp3) is 0.485. The molecule has 5 rings (SSSR count). The van der Waals surface area contributed by atoms with Gasteiger partial charge in [0.05, 0.1) is 38.1 Å². The van der Waals surface area contributed by atoms with Gasteiger partial charge in [0.15, 0.2) is 5.76 Å². The van der Waals surface area contributed by atoms with Gasteiger partial charge in [-0.25, -0.2) is 0 Å². The van der Waals surface area contributed by atoms with Gasteiger partial charge in [0.2, 0.25) is 23.8 Å². The minimum atomic E-state index is -0.908. The molecule has 238 valence electrons. The third-order valence-corrected chi connectivity index (χ3v) is 7.89. The molecule has 2 aromatic carbocycles. The van der Waals surface area contributed by atoms with E-state index >= 15 is 0 Å². The van der Waals surface area contributed by atoms with Crippen LogP contribution in [-0.2, 0) is 15.9 Å². The first kappa shape index (κ1) is 31.8. The topological polar surface area (TPSA) is 157 Å². The molecule has 0 unspecified atom stereocenters. The van der Waals surface area contributed by atoms with Crippen LogP contribution in [-0.4, -0.2) is 71.1 Å². The lowest BCUT2D eigenvalue weighted by atomic mass is 10.0. The van der Waals surface area contributed by atoms with E-state index < -0.39 is 42.4 Å². The van der Waals surface area contributed by atoms with Gasteiger partial charge >= 0.3 is 0 Å². The third-order valence-electron chi connectivity index (χ3n) is 7.89. The van der Waals surface area contributed by atoms with E-state index in [-0.39, 0.29) is 53.4 Å². The van der Waals surface area contributed by atoms with E-state index in [1.54, 1.807) is 38.3 Å². The van der Waals surface area contributed by atoms with Crippen molar-refractivity contribution in [2.45, 2.75) is 89.9 Å². The molecule has 0 bridgehead atoms. The highest BCUT2D eigenvalue weighted by molar-refractivity contribution is 5.91. The summed E-state index contributed by atoms with van der Waals surface area (Å²) in [5.74, 6) is 0.398. The van der Waals surface area contributed by atoms with E-state index in [4.69, 9.17) is 28.1 Å². The summed E-state index contributed by atoms with van der Waals surface area (Å²) in [5.41, 5.74) is 1.50. The number of methoxy groups -OCH3 is 1. The van der Waals surface area contributed by atoms with Crippen LogP contribution >= 0.6 is 0 Å². The highest BCUT2D eigenvalue weighted by Crippen LogP contribution is 2.41. The molecule has 3 aromatic rings. The van der Waals surface area contributed by atoms with Gasteiger partial charge in [-0.2, -0.15) is 0 Å². The van der Waals surface area contributed by atoms with Crippen LogP contribution in [0.1, 0.15) is 52.0 Å². The number of aliphatic hydroxyl groups excluding tert-OH is 3. The molecule has 6 atom stereocenters. The Kier molecular flexibility index (Phi) is 9.81. The molecular weight excluding hydrogens is 572 g/mol. The van der Waals surface area contributed by atoms with Gasteiger partial charge in [0.25, 0.3) is 0 Å². The van der Waals surface area contributed by atoms with Crippen molar-refractivity contribution in [1.29, 1.82) is 0 Å². The van der Waals surface area contributed by atoms with E-state index in [9.17, 15) is 25.2 Å². The Hall–Kier alpha value is -3.61. The molecule has 0 spiro atoms. The lowest BCUT2D eigenvalue weighted by Crippen LogP contribution is -2.40. The smallest absolute Gasteiger partial charge is 0.239 e. The van der Waals surface area contributed by atoms with Crippen LogP contribution in [0.4, 0.5) is 0 Å². The summed E-state index contributed by atoms with van der Waals surface area (Å²) in [6.07, 6.45) is -0.805. The largest absolute Gasteiger partial charge is 0.507 e. The van der Waals surface area contributed by atoms with Crippen LogP contribution in [0.2, 0.25) is 0 Å². The molecule has 0 amide bonds. The summed E-state index contributed by atoms with van der Waals surface area (Å²) in [4.78, 5) is 14.2. The summed E-state index contributed by atoms with van der Waals surface area (Å²) in [6, 6.07) is 8.24. The zero-order chi connectivity index (χ0) is 31.5. The molecule has 0 saturated carbocycles. The quantitative estimate of drug-likeness (QED) is 0.257. The van der Waals surface area contributed by atoms with E-state index in [1.165, 1.54) is 6.07 Å². The second-order valence-electron chi connectivity index (χ2n) is 11.5. The van der Waals surface area contributed by atoms with E-state index in [0.29, 0.717) is 36.1 Å². The molecule has 1 aromatic heterocycles. The fourth-order valence-electron chi connectivity index (χ4n) is 5.44. The van der Waals surface area contributed by atoms with Crippen LogP contribution in [0, 0.1) is 0 Å². The van der Waals surface area contributed by atoms with Gasteiger partial charge < -0.3 is 48.5 Å². The number of aromatic hydroxyl groups is 1. The summed E-state index contributed by atoms with van der Waals surface area (Å²) in [6.45, 7) is 5.31. The van der Waals surface area contributed by atoms with Crippen LogP contribution in [0.5, 0.6) is 23.0 Å². The van der Waals surface area contributed by atoms with Gasteiger partial charge in [-0.3, -0.25) is 4.79 Å². The van der Waals surface area contributed by atoms with Crippen molar-refractivity contribution in [3.63, 3.8) is 0 Å². The van der Waals surface area contributed by atoms with Crippen molar-refractivity contribution in [1.82, 2.24) is 0 Å². The predicted molar refractivity (Wildman–Crippen MR) is 161 cm³/mol. The Morgan fingerprint density at radius 3 is 2.45 bits per heavy atom. The summed E-state index contributed by atoms with van der Waals surface area (Å²) < 4.78 is 35.7. The van der Waals surface area contributed by atoms with Crippen LogP contribution < -0.4 is 19.6 Å². The number of aliphatic hydroxyl groups is 3. The zero-order valence-corrected chi connectivity index (χ0v) is 25.3. The normalized spacial score (nSPS) is 25.4. The molecule has 3 heterocycles. The van der Waals surface area contributed by atoms with Gasteiger partial charge in [-0.15, -0.1) is 0 Å². The highest BCUT2D eigenvalue weighted by Gasteiger charge is 2.33. The van der Waals surface area contributed by atoms with Crippen molar-refractivity contribution in [3.8, 4) is 34.3 Å². The molecule has 2 aliphatic rings. The Morgan fingerprint density at radius 1 is 1.05 bits per heavy atom. The van der Waals surface area contributed by atoms with Crippen LogP contribution in [0.25, 0.3) is 22.3 Å². The van der Waals surface area contributed by atoms with Crippen molar-refractivity contribution < 1.29 is 48.5 Å². The van der Waals surface area contributed by atoms with Crippen molar-refractivity contribution in [2.75, 3.05) is 13.7 Å². The number of phenols is 1. The molecule has 11 nitrogen and oxygen atoms in total. The highest BCUT2D eigenvalue weighted by atomic mass is 16.7. The number of fused-ring (bicyclic) bond motifs is 1. The van der Waals surface area contributed by atoms with E-state index in [1.807, 2.05) is 19.9 Å². The van der Waals surface area contributed by atoms with E-state index in [0.717, 1.165) is 5.57 Å². The maximum atomic E-state index is 14.2. The standard InChI is InChI=1S/C33H40O11/c1-17(2)5-10-23-26(42-28-14-20(35)13-22(16-34)41-28)15-25(37)29-30(38)33(43-27-12-11-24(36)18(3)40-27)31(44-32(23)29)19-6-8-21(39-4)9-7-19/h5-9,15,18,20,22,24,27-28,34-37H,10-14,16H2,1-4H3/t18-,20-,22-,24+,27-,28-/m0/s1. The summed E-state index contributed by atoms with van der Waals surface area (Å²) in [5, 5.41) is 41.2. The predicted octanol–water partition coefficient (Wildman–Crippen LogP) is 4.18.